The zero-order chi connectivity index (χ0) is 20.1. The monoisotopic (exact) mass is 393 g/mol. The summed E-state index contributed by atoms with van der Waals surface area (Å²) in [6.45, 7) is 2.25. The van der Waals surface area contributed by atoms with Crippen LogP contribution in [-0.2, 0) is 0 Å². The number of aromatic amines is 1. The number of amides is 1. The van der Waals surface area contributed by atoms with Crippen molar-refractivity contribution in [2.24, 2.45) is 17.8 Å². The van der Waals surface area contributed by atoms with Gasteiger partial charge in [0, 0.05) is 6.54 Å². The number of aryl methyl sites for hydroxylation is 1. The van der Waals surface area contributed by atoms with Crippen LogP contribution >= 0.6 is 0 Å². The summed E-state index contributed by atoms with van der Waals surface area (Å²) >= 11 is 0. The van der Waals surface area contributed by atoms with Crippen LogP contribution in [0.4, 0.5) is 0 Å². The summed E-state index contributed by atoms with van der Waals surface area (Å²) in [5.74, 6) is 2.02. The lowest BCUT2D eigenvalue weighted by molar-refractivity contribution is 0.0941. The molecule has 2 fully saturated rings. The minimum Gasteiger partial charge on any atom is -0.444 e. The number of carbonyl (C=O) groups excluding carboxylic acids is 1. The van der Waals surface area contributed by atoms with E-state index in [2.05, 4.69) is 10.3 Å². The van der Waals surface area contributed by atoms with Crippen molar-refractivity contribution in [2.45, 2.75) is 32.6 Å². The van der Waals surface area contributed by atoms with Crippen molar-refractivity contribution < 1.29 is 9.21 Å². The van der Waals surface area contributed by atoms with E-state index >= 15 is 0 Å². The predicted octanol–water partition coefficient (Wildman–Crippen LogP) is 2.75. The molecule has 2 aromatic heterocycles. The van der Waals surface area contributed by atoms with E-state index in [0.717, 1.165) is 10.5 Å². The Morgan fingerprint density at radius 1 is 1.21 bits per heavy atom. The molecule has 2 aliphatic carbocycles. The third kappa shape index (κ3) is 2.92. The number of fused-ring (bicyclic) bond motifs is 3. The second-order valence-corrected chi connectivity index (χ2v) is 8.29. The first-order valence-corrected chi connectivity index (χ1v) is 10.1. The summed E-state index contributed by atoms with van der Waals surface area (Å²) in [7, 11) is 0. The molecule has 3 aromatic rings. The average molecular weight is 393 g/mol. The highest BCUT2D eigenvalue weighted by atomic mass is 16.3. The van der Waals surface area contributed by atoms with Crippen molar-refractivity contribution in [3.05, 3.63) is 62.5 Å². The van der Waals surface area contributed by atoms with Crippen LogP contribution in [0.1, 0.15) is 41.8 Å². The minimum atomic E-state index is -0.601. The fraction of sp³-hybridized carbons (Fsp3) is 0.409. The van der Waals surface area contributed by atoms with Crippen LogP contribution in [0.15, 0.2) is 44.3 Å². The molecule has 150 valence electrons. The molecule has 0 spiro atoms. The van der Waals surface area contributed by atoms with Gasteiger partial charge in [-0.05, 0) is 56.1 Å². The van der Waals surface area contributed by atoms with Gasteiger partial charge in [0.2, 0.25) is 5.71 Å². The maximum atomic E-state index is 13.2. The fourth-order valence-electron chi connectivity index (χ4n) is 5.22. The van der Waals surface area contributed by atoms with Gasteiger partial charge in [0.1, 0.15) is 11.1 Å². The van der Waals surface area contributed by atoms with Crippen LogP contribution in [-0.4, -0.2) is 22.0 Å². The summed E-state index contributed by atoms with van der Waals surface area (Å²) in [6.07, 6.45) is 5.01. The molecular weight excluding hydrogens is 370 g/mol. The van der Waals surface area contributed by atoms with Crippen molar-refractivity contribution in [3.63, 3.8) is 0 Å². The average Bonchev–Trinajstić information content (AvgIpc) is 3.41. The number of carbonyl (C=O) groups is 1. The zero-order valence-electron chi connectivity index (χ0n) is 16.2. The Kier molecular flexibility index (Phi) is 4.19. The molecule has 29 heavy (non-hydrogen) atoms. The van der Waals surface area contributed by atoms with Gasteiger partial charge in [-0.2, -0.15) is 0 Å². The lowest BCUT2D eigenvalue weighted by Gasteiger charge is -2.21. The molecule has 0 aliphatic heterocycles. The molecule has 2 aliphatic rings. The van der Waals surface area contributed by atoms with Crippen molar-refractivity contribution in [1.82, 2.24) is 14.9 Å². The molecule has 2 N–H and O–H groups in total. The fourth-order valence-corrected chi connectivity index (χ4v) is 5.22. The molecule has 2 bridgehead atoms. The molecule has 5 rings (SSSR count). The molecule has 1 aromatic carbocycles. The Hall–Kier alpha value is -3.09. The van der Waals surface area contributed by atoms with Gasteiger partial charge >= 0.3 is 5.69 Å². The lowest BCUT2D eigenvalue weighted by atomic mass is 9.89. The van der Waals surface area contributed by atoms with E-state index < -0.39 is 11.2 Å². The molecule has 3 atom stereocenters. The SMILES string of the molecule is Cc1oc2[nH]c(=O)n(-c3ccccc3)c(=O)c2c1C(=O)NCC1CC2CCC1C2. The van der Waals surface area contributed by atoms with E-state index in [9.17, 15) is 14.4 Å². The van der Waals surface area contributed by atoms with Gasteiger partial charge in [-0.25, -0.2) is 9.36 Å². The van der Waals surface area contributed by atoms with E-state index in [-0.39, 0.29) is 22.6 Å². The number of aromatic nitrogens is 2. The van der Waals surface area contributed by atoms with Crippen LogP contribution in [0.25, 0.3) is 16.8 Å². The number of para-hydroxylation sites is 1. The zero-order valence-corrected chi connectivity index (χ0v) is 16.2. The second-order valence-electron chi connectivity index (χ2n) is 8.29. The summed E-state index contributed by atoms with van der Waals surface area (Å²) < 4.78 is 6.60. The first-order valence-electron chi connectivity index (χ1n) is 10.1. The Balaban J connectivity index is 1.52. The number of nitrogens with one attached hydrogen (secondary N) is 2. The standard InChI is InChI=1S/C22H23N3O4/c1-12-17(19(26)23-11-15-10-13-7-8-14(15)9-13)18-20(29-12)24-22(28)25(21(18)27)16-5-3-2-4-6-16/h2-6,13-15H,7-11H2,1H3,(H,23,26)(H,24,28). The normalized spacial score (nSPS) is 23.0. The van der Waals surface area contributed by atoms with Crippen LogP contribution in [0.5, 0.6) is 0 Å². The van der Waals surface area contributed by atoms with E-state index in [1.807, 2.05) is 0 Å². The summed E-state index contributed by atoms with van der Waals surface area (Å²) in [4.78, 5) is 41.2. The molecule has 0 radical (unpaired) electrons. The molecule has 7 heteroatoms. The van der Waals surface area contributed by atoms with E-state index in [1.54, 1.807) is 37.3 Å². The summed E-state index contributed by atoms with van der Waals surface area (Å²) in [6, 6.07) is 8.64. The maximum absolute atomic E-state index is 13.2. The summed E-state index contributed by atoms with van der Waals surface area (Å²) in [5, 5.41) is 3.11. The first kappa shape index (κ1) is 18.0. The molecule has 3 unspecified atom stereocenters. The van der Waals surface area contributed by atoms with Gasteiger partial charge < -0.3 is 9.73 Å². The van der Waals surface area contributed by atoms with Gasteiger partial charge in [-0.15, -0.1) is 0 Å². The van der Waals surface area contributed by atoms with E-state index in [4.69, 9.17) is 4.42 Å². The van der Waals surface area contributed by atoms with Gasteiger partial charge in [0.05, 0.1) is 11.3 Å². The number of furan rings is 1. The highest BCUT2D eigenvalue weighted by molar-refractivity contribution is 6.06. The van der Waals surface area contributed by atoms with Crippen LogP contribution in [0, 0.1) is 24.7 Å². The van der Waals surface area contributed by atoms with Crippen molar-refractivity contribution in [1.29, 1.82) is 0 Å². The van der Waals surface area contributed by atoms with Crippen LogP contribution in [0.3, 0.4) is 0 Å². The van der Waals surface area contributed by atoms with Gasteiger partial charge in [0.15, 0.2) is 0 Å². The van der Waals surface area contributed by atoms with Crippen molar-refractivity contribution in [3.8, 4) is 5.69 Å². The Labute approximate surface area is 166 Å². The largest absolute Gasteiger partial charge is 0.444 e. The molecule has 7 nitrogen and oxygen atoms in total. The number of hydrogen-bond donors (Lipinski definition) is 2. The van der Waals surface area contributed by atoms with Crippen molar-refractivity contribution in [2.75, 3.05) is 6.54 Å². The molecular formula is C22H23N3O4. The summed E-state index contributed by atoms with van der Waals surface area (Å²) in [5.41, 5.74) is -0.482. The quantitative estimate of drug-likeness (QED) is 0.712. The molecule has 2 heterocycles. The number of benzene rings is 1. The topological polar surface area (TPSA) is 97.1 Å². The molecule has 2 saturated carbocycles. The van der Waals surface area contributed by atoms with Crippen LogP contribution < -0.4 is 16.6 Å². The lowest BCUT2D eigenvalue weighted by Crippen LogP contribution is -2.35. The van der Waals surface area contributed by atoms with Crippen LogP contribution in [0.2, 0.25) is 0 Å². The minimum absolute atomic E-state index is 0.0368. The Morgan fingerprint density at radius 3 is 2.69 bits per heavy atom. The van der Waals surface area contributed by atoms with Gasteiger partial charge in [-0.3, -0.25) is 14.6 Å². The molecule has 1 amide bonds. The number of H-pyrrole nitrogens is 1. The number of hydrogen-bond acceptors (Lipinski definition) is 4. The number of rotatable bonds is 4. The smallest absolute Gasteiger partial charge is 0.335 e. The van der Waals surface area contributed by atoms with Gasteiger partial charge in [0.25, 0.3) is 11.5 Å². The third-order valence-electron chi connectivity index (χ3n) is 6.58. The maximum Gasteiger partial charge on any atom is 0.335 e. The van der Waals surface area contributed by atoms with E-state index in [0.29, 0.717) is 29.8 Å². The highest BCUT2D eigenvalue weighted by Crippen LogP contribution is 2.47. The second kappa shape index (κ2) is 6.76. The van der Waals surface area contributed by atoms with Crippen molar-refractivity contribution >= 4 is 17.0 Å². The Morgan fingerprint density at radius 2 is 2.00 bits per heavy atom. The Bertz CT molecular complexity index is 1200. The van der Waals surface area contributed by atoms with E-state index in [1.165, 1.54) is 25.7 Å². The predicted molar refractivity (Wildman–Crippen MR) is 108 cm³/mol. The highest BCUT2D eigenvalue weighted by Gasteiger charge is 2.39. The first-order chi connectivity index (χ1) is 14.0. The number of nitrogens with zero attached hydrogens (tertiary/aromatic N) is 1. The van der Waals surface area contributed by atoms with Gasteiger partial charge in [-0.1, -0.05) is 24.6 Å². The molecule has 0 saturated heterocycles. The third-order valence-corrected chi connectivity index (χ3v) is 6.58.